The van der Waals surface area contributed by atoms with Gasteiger partial charge in [-0.1, -0.05) is 44.2 Å². The van der Waals surface area contributed by atoms with E-state index in [0.29, 0.717) is 0 Å². The van der Waals surface area contributed by atoms with Crippen LogP contribution in [-0.4, -0.2) is 47.7 Å². The molecule has 20 heavy (non-hydrogen) atoms. The first-order valence-electron chi connectivity index (χ1n) is 7.47. The van der Waals surface area contributed by atoms with Crippen molar-refractivity contribution in [3.63, 3.8) is 0 Å². The average molecular weight is 276 g/mol. The highest BCUT2D eigenvalue weighted by molar-refractivity contribution is 5.70. The number of nitrogens with zero attached hydrogens (tertiary/aromatic N) is 2. The number of benzene rings is 1. The molecule has 0 radical (unpaired) electrons. The molecule has 3 rings (SSSR count). The summed E-state index contributed by atoms with van der Waals surface area (Å²) in [5.74, 6) is 0. The maximum absolute atomic E-state index is 11.6. The monoisotopic (exact) mass is 276 g/mol. The van der Waals surface area contributed by atoms with Crippen molar-refractivity contribution >= 4 is 6.09 Å². The van der Waals surface area contributed by atoms with Crippen LogP contribution in [0.25, 0.3) is 0 Å². The molecular weight excluding hydrogens is 252 g/mol. The second-order valence-corrected chi connectivity index (χ2v) is 5.07. The first-order valence-corrected chi connectivity index (χ1v) is 7.47. The maximum Gasteiger partial charge on any atom is 0.410 e. The fourth-order valence-corrected chi connectivity index (χ4v) is 2.79. The van der Waals surface area contributed by atoms with E-state index in [9.17, 15) is 4.79 Å². The highest BCUT2D eigenvalue weighted by Gasteiger charge is 2.42. The smallest absolute Gasteiger partial charge is 0.410 e. The Bertz CT molecular complexity index is 435. The summed E-state index contributed by atoms with van der Waals surface area (Å²) in [4.78, 5) is 15.8. The van der Waals surface area contributed by atoms with Crippen LogP contribution in [-0.2, 0) is 11.3 Å². The number of carbonyl (C=O) groups excluding carboxylic acids is 1. The van der Waals surface area contributed by atoms with Crippen molar-refractivity contribution in [1.29, 1.82) is 0 Å². The van der Waals surface area contributed by atoms with E-state index in [1.807, 2.05) is 31.7 Å². The molecule has 2 saturated heterocycles. The van der Waals surface area contributed by atoms with Crippen LogP contribution >= 0.6 is 0 Å². The molecule has 0 N–H and O–H groups in total. The summed E-state index contributed by atoms with van der Waals surface area (Å²) in [6.07, 6.45) is -0.136. The summed E-state index contributed by atoms with van der Waals surface area (Å²) in [6.45, 7) is 9.54. The van der Waals surface area contributed by atoms with Gasteiger partial charge in [0.05, 0.1) is 6.04 Å². The molecule has 1 amide bonds. The summed E-state index contributed by atoms with van der Waals surface area (Å²) in [6, 6.07) is 10.7. The van der Waals surface area contributed by atoms with Crippen molar-refractivity contribution in [1.82, 2.24) is 9.80 Å². The largest absolute Gasteiger partial charge is 0.444 e. The summed E-state index contributed by atoms with van der Waals surface area (Å²) < 4.78 is 5.27. The molecule has 4 heteroatoms. The maximum atomic E-state index is 11.6. The Hall–Kier alpha value is -1.55. The lowest BCUT2D eigenvalue weighted by atomic mass is 10.1. The van der Waals surface area contributed by atoms with Crippen LogP contribution in [0, 0.1) is 0 Å². The van der Waals surface area contributed by atoms with Gasteiger partial charge < -0.3 is 4.74 Å². The van der Waals surface area contributed by atoms with E-state index in [1.54, 1.807) is 0 Å². The summed E-state index contributed by atoms with van der Waals surface area (Å²) in [5, 5.41) is 0. The van der Waals surface area contributed by atoms with E-state index >= 15 is 0 Å². The minimum atomic E-state index is -0.146. The molecule has 2 fully saturated rings. The second-order valence-electron chi connectivity index (χ2n) is 5.07. The second kappa shape index (κ2) is 6.75. The molecule has 0 aliphatic carbocycles. The molecule has 2 atom stereocenters. The molecule has 1 aromatic carbocycles. The quantitative estimate of drug-likeness (QED) is 0.832. The van der Waals surface area contributed by atoms with Crippen molar-refractivity contribution in [3.05, 3.63) is 35.9 Å². The van der Waals surface area contributed by atoms with Gasteiger partial charge in [-0.25, -0.2) is 4.79 Å². The van der Waals surface area contributed by atoms with Crippen molar-refractivity contribution < 1.29 is 9.53 Å². The number of cyclic esters (lactones) is 1. The first kappa shape index (κ1) is 14.9. The standard InChI is InChI=1S/C14H18N2O2.C2H6/c1-11-13-10-15(7-8-16(13)14(17)18-11)9-12-5-3-2-4-6-12;1-2/h2-6,11,13H,7-10H2,1H3;1-2H3/t11-,13?;/m0./s1. The Balaban J connectivity index is 0.000000704. The molecule has 0 bridgehead atoms. The molecule has 0 spiro atoms. The number of fused-ring (bicyclic) bond motifs is 1. The zero-order chi connectivity index (χ0) is 14.5. The van der Waals surface area contributed by atoms with Gasteiger partial charge in [0.25, 0.3) is 0 Å². The minimum absolute atomic E-state index is 0.0103. The van der Waals surface area contributed by atoms with Crippen molar-refractivity contribution in [2.45, 2.75) is 39.5 Å². The van der Waals surface area contributed by atoms with Gasteiger partial charge in [-0.15, -0.1) is 0 Å². The Morgan fingerprint density at radius 2 is 1.90 bits per heavy atom. The molecule has 0 saturated carbocycles. The Kier molecular flexibility index (Phi) is 5.01. The number of carbonyl (C=O) groups is 1. The van der Waals surface area contributed by atoms with Gasteiger partial charge in [0, 0.05) is 26.2 Å². The number of amides is 1. The van der Waals surface area contributed by atoms with Gasteiger partial charge in [-0.3, -0.25) is 9.80 Å². The number of hydrogen-bond donors (Lipinski definition) is 0. The molecular formula is C16H24N2O2. The van der Waals surface area contributed by atoms with Crippen LogP contribution in [0.3, 0.4) is 0 Å². The Morgan fingerprint density at radius 1 is 1.20 bits per heavy atom. The van der Waals surface area contributed by atoms with Gasteiger partial charge in [0.2, 0.25) is 0 Å². The van der Waals surface area contributed by atoms with Gasteiger partial charge in [-0.05, 0) is 12.5 Å². The van der Waals surface area contributed by atoms with E-state index < -0.39 is 0 Å². The zero-order valence-corrected chi connectivity index (χ0v) is 12.6. The fraction of sp³-hybridized carbons (Fsp3) is 0.562. The minimum Gasteiger partial charge on any atom is -0.444 e. The summed E-state index contributed by atoms with van der Waals surface area (Å²) in [5.41, 5.74) is 1.32. The van der Waals surface area contributed by atoms with Gasteiger partial charge in [-0.2, -0.15) is 0 Å². The van der Waals surface area contributed by atoms with E-state index in [0.717, 1.165) is 26.2 Å². The Labute approximate surface area is 121 Å². The third-order valence-corrected chi connectivity index (χ3v) is 3.81. The summed E-state index contributed by atoms with van der Waals surface area (Å²) >= 11 is 0. The lowest BCUT2D eigenvalue weighted by Gasteiger charge is -2.36. The molecule has 1 unspecified atom stereocenters. The highest BCUT2D eigenvalue weighted by Crippen LogP contribution is 2.24. The van der Waals surface area contributed by atoms with Gasteiger partial charge in [0.15, 0.2) is 0 Å². The van der Waals surface area contributed by atoms with Crippen molar-refractivity contribution in [2.75, 3.05) is 19.6 Å². The molecule has 2 aliphatic rings. The predicted octanol–water partition coefficient (Wildman–Crippen LogP) is 2.74. The predicted molar refractivity (Wildman–Crippen MR) is 79.5 cm³/mol. The highest BCUT2D eigenvalue weighted by atomic mass is 16.6. The van der Waals surface area contributed by atoms with E-state index in [2.05, 4.69) is 29.2 Å². The molecule has 2 aliphatic heterocycles. The number of rotatable bonds is 2. The zero-order valence-electron chi connectivity index (χ0n) is 12.6. The lowest BCUT2D eigenvalue weighted by Crippen LogP contribution is -2.53. The fourth-order valence-electron chi connectivity index (χ4n) is 2.79. The molecule has 2 heterocycles. The van der Waals surface area contributed by atoms with Crippen LogP contribution in [0.5, 0.6) is 0 Å². The SMILES string of the molecule is CC.C[C@@H]1OC(=O)N2CCN(Cc3ccccc3)CC12. The summed E-state index contributed by atoms with van der Waals surface area (Å²) in [7, 11) is 0. The van der Waals surface area contributed by atoms with E-state index in [4.69, 9.17) is 4.74 Å². The van der Waals surface area contributed by atoms with Gasteiger partial charge in [0.1, 0.15) is 6.10 Å². The van der Waals surface area contributed by atoms with Crippen LogP contribution < -0.4 is 0 Å². The lowest BCUT2D eigenvalue weighted by molar-refractivity contribution is 0.105. The third kappa shape index (κ3) is 3.12. The van der Waals surface area contributed by atoms with Crippen LogP contribution in [0.4, 0.5) is 4.79 Å². The number of ether oxygens (including phenoxy) is 1. The number of hydrogen-bond acceptors (Lipinski definition) is 3. The number of piperazine rings is 1. The topological polar surface area (TPSA) is 32.8 Å². The van der Waals surface area contributed by atoms with Crippen LogP contribution in [0.2, 0.25) is 0 Å². The molecule has 110 valence electrons. The van der Waals surface area contributed by atoms with Crippen molar-refractivity contribution in [3.8, 4) is 0 Å². The van der Waals surface area contributed by atoms with Crippen LogP contribution in [0.1, 0.15) is 26.3 Å². The van der Waals surface area contributed by atoms with E-state index in [-0.39, 0.29) is 18.2 Å². The Morgan fingerprint density at radius 3 is 2.60 bits per heavy atom. The molecule has 1 aromatic rings. The van der Waals surface area contributed by atoms with E-state index in [1.165, 1.54) is 5.56 Å². The molecule has 0 aromatic heterocycles. The van der Waals surface area contributed by atoms with Gasteiger partial charge >= 0.3 is 6.09 Å². The molecule has 4 nitrogen and oxygen atoms in total. The van der Waals surface area contributed by atoms with Crippen LogP contribution in [0.15, 0.2) is 30.3 Å². The normalized spacial score (nSPS) is 25.6. The third-order valence-electron chi connectivity index (χ3n) is 3.81. The first-order chi connectivity index (χ1) is 9.74. The average Bonchev–Trinajstić information content (AvgIpc) is 2.77. The van der Waals surface area contributed by atoms with Crippen molar-refractivity contribution in [2.24, 2.45) is 0 Å².